The summed E-state index contributed by atoms with van der Waals surface area (Å²) in [5.41, 5.74) is 3.57. The number of carbonyl (C=O) groups is 2. The molecule has 2 aliphatic rings. The van der Waals surface area contributed by atoms with Crippen LogP contribution in [0.5, 0.6) is 0 Å². The molecule has 5 rings (SSSR count). The number of hydrogen-bond donors (Lipinski definition) is 1. The van der Waals surface area contributed by atoms with E-state index in [1.54, 1.807) is 10.7 Å². The lowest BCUT2D eigenvalue weighted by Crippen LogP contribution is -2.24. The second kappa shape index (κ2) is 7.61. The standard InChI is InChI=1S/C23H22FN5O2/c1-14-4-9-17(10-5-14)29-22(15-6-7-15)21(26-27-29)23(31)25-16-8-11-19(18(24)13-16)28-12-2-3-20(28)30/h4-5,8-11,13,15H,2-3,6-7,12H2,1H3,(H,25,31). The Labute approximate surface area is 178 Å². The molecule has 1 aliphatic carbocycles. The Hall–Kier alpha value is -3.55. The Kier molecular flexibility index (Phi) is 4.77. The van der Waals surface area contributed by atoms with Gasteiger partial charge in [-0.05, 0) is 56.5 Å². The number of rotatable bonds is 5. The maximum Gasteiger partial charge on any atom is 0.278 e. The van der Waals surface area contributed by atoms with Crippen molar-refractivity contribution >= 4 is 23.2 Å². The van der Waals surface area contributed by atoms with Gasteiger partial charge in [-0.15, -0.1) is 5.10 Å². The number of amides is 2. The van der Waals surface area contributed by atoms with Crippen LogP contribution < -0.4 is 10.2 Å². The van der Waals surface area contributed by atoms with Gasteiger partial charge in [0, 0.05) is 24.6 Å². The first kappa shape index (κ1) is 19.4. The Balaban J connectivity index is 1.40. The predicted molar refractivity (Wildman–Crippen MR) is 114 cm³/mol. The van der Waals surface area contributed by atoms with E-state index in [0.717, 1.165) is 36.2 Å². The van der Waals surface area contributed by atoms with Gasteiger partial charge >= 0.3 is 0 Å². The summed E-state index contributed by atoms with van der Waals surface area (Å²) in [6.07, 6.45) is 3.11. The second-order valence-electron chi connectivity index (χ2n) is 8.11. The molecule has 1 saturated carbocycles. The van der Waals surface area contributed by atoms with Crippen molar-refractivity contribution in [2.24, 2.45) is 0 Å². The maximum absolute atomic E-state index is 14.6. The Morgan fingerprint density at radius 3 is 2.58 bits per heavy atom. The molecule has 0 spiro atoms. The quantitative estimate of drug-likeness (QED) is 0.679. The third-order valence-corrected chi connectivity index (χ3v) is 5.73. The lowest BCUT2D eigenvalue weighted by molar-refractivity contribution is -0.117. The highest BCUT2D eigenvalue weighted by Crippen LogP contribution is 2.42. The van der Waals surface area contributed by atoms with Crippen molar-refractivity contribution in [1.82, 2.24) is 15.0 Å². The van der Waals surface area contributed by atoms with E-state index in [4.69, 9.17) is 0 Å². The van der Waals surface area contributed by atoms with Crippen LogP contribution in [0.4, 0.5) is 15.8 Å². The normalized spacial score (nSPS) is 16.1. The number of aryl methyl sites for hydroxylation is 1. The Morgan fingerprint density at radius 2 is 1.94 bits per heavy atom. The van der Waals surface area contributed by atoms with E-state index in [0.29, 0.717) is 18.7 Å². The van der Waals surface area contributed by atoms with E-state index in [9.17, 15) is 14.0 Å². The van der Waals surface area contributed by atoms with Crippen molar-refractivity contribution in [3.8, 4) is 5.69 Å². The summed E-state index contributed by atoms with van der Waals surface area (Å²) in [4.78, 5) is 26.3. The van der Waals surface area contributed by atoms with Crippen LogP contribution >= 0.6 is 0 Å². The molecular formula is C23H22FN5O2. The summed E-state index contributed by atoms with van der Waals surface area (Å²) in [6, 6.07) is 12.2. The number of halogens is 1. The van der Waals surface area contributed by atoms with Crippen molar-refractivity contribution in [1.29, 1.82) is 0 Å². The van der Waals surface area contributed by atoms with E-state index in [2.05, 4.69) is 15.6 Å². The highest BCUT2D eigenvalue weighted by atomic mass is 19.1. The van der Waals surface area contributed by atoms with Crippen molar-refractivity contribution in [3.05, 3.63) is 65.2 Å². The summed E-state index contributed by atoms with van der Waals surface area (Å²) < 4.78 is 16.3. The fourth-order valence-electron chi connectivity index (χ4n) is 3.95. The summed E-state index contributed by atoms with van der Waals surface area (Å²) in [5.74, 6) is -0.821. The summed E-state index contributed by atoms with van der Waals surface area (Å²) in [7, 11) is 0. The fraction of sp³-hybridized carbons (Fsp3) is 0.304. The first-order chi connectivity index (χ1) is 15.0. The van der Waals surface area contributed by atoms with Gasteiger partial charge < -0.3 is 10.2 Å². The number of hydrogen-bond acceptors (Lipinski definition) is 4. The molecule has 8 heteroatoms. The molecule has 0 atom stereocenters. The van der Waals surface area contributed by atoms with E-state index in [1.807, 2.05) is 31.2 Å². The topological polar surface area (TPSA) is 80.1 Å². The third-order valence-electron chi connectivity index (χ3n) is 5.73. The highest BCUT2D eigenvalue weighted by molar-refractivity contribution is 6.04. The lowest BCUT2D eigenvalue weighted by atomic mass is 10.2. The molecule has 2 aromatic carbocycles. The van der Waals surface area contributed by atoms with Gasteiger partial charge in [0.1, 0.15) is 5.82 Å². The number of benzene rings is 2. The first-order valence-corrected chi connectivity index (χ1v) is 10.4. The average molecular weight is 419 g/mol. The SMILES string of the molecule is Cc1ccc(-n2nnc(C(=O)Nc3ccc(N4CCCC4=O)c(F)c3)c2C2CC2)cc1. The molecule has 2 fully saturated rings. The minimum Gasteiger partial charge on any atom is -0.320 e. The molecule has 2 heterocycles. The Bertz CT molecular complexity index is 1170. The van der Waals surface area contributed by atoms with Gasteiger partial charge in [0.2, 0.25) is 5.91 Å². The van der Waals surface area contributed by atoms with Gasteiger partial charge in [0.05, 0.1) is 17.1 Å². The molecule has 7 nitrogen and oxygen atoms in total. The van der Waals surface area contributed by atoms with Gasteiger partial charge in [-0.25, -0.2) is 9.07 Å². The molecule has 3 aromatic rings. The first-order valence-electron chi connectivity index (χ1n) is 10.4. The van der Waals surface area contributed by atoms with Gasteiger partial charge in [0.15, 0.2) is 5.69 Å². The van der Waals surface area contributed by atoms with Gasteiger partial charge in [0.25, 0.3) is 5.91 Å². The molecule has 1 N–H and O–H groups in total. The molecule has 1 aromatic heterocycles. The van der Waals surface area contributed by atoms with Crippen LogP contribution in [0.15, 0.2) is 42.5 Å². The van der Waals surface area contributed by atoms with Crippen LogP contribution in [0, 0.1) is 12.7 Å². The zero-order valence-electron chi connectivity index (χ0n) is 17.1. The van der Waals surface area contributed by atoms with Crippen molar-refractivity contribution in [2.45, 2.75) is 38.5 Å². The maximum atomic E-state index is 14.6. The monoisotopic (exact) mass is 419 g/mol. The van der Waals surface area contributed by atoms with Gasteiger partial charge in [-0.2, -0.15) is 0 Å². The van der Waals surface area contributed by atoms with Gasteiger partial charge in [-0.1, -0.05) is 22.9 Å². The number of aromatic nitrogens is 3. The third kappa shape index (κ3) is 3.69. The van der Waals surface area contributed by atoms with Crippen LogP contribution in [0.1, 0.15) is 53.3 Å². The molecule has 1 aliphatic heterocycles. The molecule has 0 unspecified atom stereocenters. The highest BCUT2D eigenvalue weighted by Gasteiger charge is 2.34. The molecule has 2 amide bonds. The van der Waals surface area contributed by atoms with E-state index in [1.165, 1.54) is 17.0 Å². The van der Waals surface area contributed by atoms with Crippen molar-refractivity contribution in [3.63, 3.8) is 0 Å². The summed E-state index contributed by atoms with van der Waals surface area (Å²) in [6.45, 7) is 2.52. The van der Waals surface area contributed by atoms with E-state index >= 15 is 0 Å². The molecule has 0 bridgehead atoms. The van der Waals surface area contributed by atoms with E-state index in [-0.39, 0.29) is 23.2 Å². The summed E-state index contributed by atoms with van der Waals surface area (Å²) in [5, 5.41) is 11.1. The minimum absolute atomic E-state index is 0.0857. The Morgan fingerprint density at radius 1 is 1.16 bits per heavy atom. The smallest absolute Gasteiger partial charge is 0.278 e. The molecule has 31 heavy (non-hydrogen) atoms. The van der Waals surface area contributed by atoms with Gasteiger partial charge in [-0.3, -0.25) is 9.59 Å². The van der Waals surface area contributed by atoms with E-state index < -0.39 is 11.7 Å². The minimum atomic E-state index is -0.543. The second-order valence-corrected chi connectivity index (χ2v) is 8.11. The molecule has 158 valence electrons. The van der Waals surface area contributed by atoms with Crippen LogP contribution in [0.3, 0.4) is 0 Å². The molecule has 0 radical (unpaired) electrons. The van der Waals surface area contributed by atoms with Crippen LogP contribution in [-0.2, 0) is 4.79 Å². The lowest BCUT2D eigenvalue weighted by Gasteiger charge is -2.17. The average Bonchev–Trinajstić information content (AvgIpc) is 3.35. The number of anilines is 2. The summed E-state index contributed by atoms with van der Waals surface area (Å²) >= 11 is 0. The van der Waals surface area contributed by atoms with Crippen molar-refractivity contribution < 1.29 is 14.0 Å². The van der Waals surface area contributed by atoms with Crippen LogP contribution in [0.25, 0.3) is 5.69 Å². The zero-order valence-corrected chi connectivity index (χ0v) is 17.1. The fourth-order valence-corrected chi connectivity index (χ4v) is 3.95. The van der Waals surface area contributed by atoms with Crippen LogP contribution in [-0.4, -0.2) is 33.4 Å². The largest absolute Gasteiger partial charge is 0.320 e. The number of nitrogens with one attached hydrogen (secondary N) is 1. The van der Waals surface area contributed by atoms with Crippen molar-refractivity contribution in [2.75, 3.05) is 16.8 Å². The number of carbonyl (C=O) groups excluding carboxylic acids is 2. The molecular weight excluding hydrogens is 397 g/mol. The van der Waals surface area contributed by atoms with Crippen LogP contribution in [0.2, 0.25) is 0 Å². The number of nitrogens with zero attached hydrogens (tertiary/aromatic N) is 4. The molecule has 1 saturated heterocycles. The zero-order chi connectivity index (χ0) is 21.5. The predicted octanol–water partition coefficient (Wildman–Crippen LogP) is 3.97.